The van der Waals surface area contributed by atoms with Gasteiger partial charge in [-0.2, -0.15) is 0 Å². The Morgan fingerprint density at radius 3 is 2.55 bits per heavy atom. The zero-order valence-corrected chi connectivity index (χ0v) is 11.9. The van der Waals surface area contributed by atoms with Crippen LogP contribution >= 0.6 is 0 Å². The monoisotopic (exact) mass is 274 g/mol. The topological polar surface area (TPSA) is 69.6 Å². The molecule has 20 heavy (non-hydrogen) atoms. The molecular formula is C14H18N4O2. The first-order valence-electron chi connectivity index (χ1n) is 6.30. The lowest BCUT2D eigenvalue weighted by atomic mass is 10.2. The number of hydrogen-bond donors (Lipinski definition) is 1. The maximum Gasteiger partial charge on any atom is 0.323 e. The van der Waals surface area contributed by atoms with Crippen LogP contribution in [-0.2, 0) is 11.3 Å². The Kier molecular flexibility index (Phi) is 4.14. The summed E-state index contributed by atoms with van der Waals surface area (Å²) < 4.78 is 0. The fourth-order valence-electron chi connectivity index (χ4n) is 2.03. The van der Waals surface area contributed by atoms with Gasteiger partial charge >= 0.3 is 5.97 Å². The first-order valence-corrected chi connectivity index (χ1v) is 6.30. The van der Waals surface area contributed by atoms with Crippen molar-refractivity contribution in [2.45, 2.75) is 6.54 Å². The smallest absolute Gasteiger partial charge is 0.323 e. The number of fused-ring (bicyclic) bond motifs is 1. The molecule has 0 bridgehead atoms. The second-order valence-corrected chi connectivity index (χ2v) is 4.97. The minimum absolute atomic E-state index is 0.0948. The molecule has 1 aromatic carbocycles. The van der Waals surface area contributed by atoms with E-state index in [1.165, 1.54) is 0 Å². The summed E-state index contributed by atoms with van der Waals surface area (Å²) in [5.41, 5.74) is 0.826. The van der Waals surface area contributed by atoms with E-state index in [2.05, 4.69) is 9.97 Å². The molecule has 0 atom stereocenters. The van der Waals surface area contributed by atoms with Crippen molar-refractivity contribution in [3.63, 3.8) is 0 Å². The molecule has 0 radical (unpaired) electrons. The molecule has 1 aromatic heterocycles. The van der Waals surface area contributed by atoms with E-state index >= 15 is 0 Å². The van der Waals surface area contributed by atoms with Crippen molar-refractivity contribution >= 4 is 22.7 Å². The first kappa shape index (κ1) is 14.2. The average molecular weight is 274 g/mol. The third-order valence-corrected chi connectivity index (χ3v) is 2.82. The van der Waals surface area contributed by atoms with Crippen LogP contribution in [0.3, 0.4) is 0 Å². The molecule has 2 rings (SSSR count). The average Bonchev–Trinajstić information content (AvgIpc) is 2.36. The van der Waals surface area contributed by atoms with Gasteiger partial charge < -0.3 is 14.9 Å². The fourth-order valence-corrected chi connectivity index (χ4v) is 2.03. The van der Waals surface area contributed by atoms with E-state index in [1.807, 2.05) is 43.3 Å². The Morgan fingerprint density at radius 2 is 1.90 bits per heavy atom. The van der Waals surface area contributed by atoms with Crippen LogP contribution in [0.15, 0.2) is 24.3 Å². The lowest BCUT2D eigenvalue weighted by Gasteiger charge is -2.19. The largest absolute Gasteiger partial charge is 0.480 e. The highest BCUT2D eigenvalue weighted by molar-refractivity contribution is 5.90. The Hall–Kier alpha value is -2.21. The predicted molar refractivity (Wildman–Crippen MR) is 77.8 cm³/mol. The van der Waals surface area contributed by atoms with Crippen molar-refractivity contribution < 1.29 is 9.90 Å². The SMILES string of the molecule is CN(C)Cc1nc(N(C)CC(=O)O)c2ccccc2n1. The highest BCUT2D eigenvalue weighted by Crippen LogP contribution is 2.23. The Balaban J connectivity index is 2.51. The summed E-state index contributed by atoms with van der Waals surface area (Å²) in [4.78, 5) is 23.5. The number of para-hydroxylation sites is 1. The second-order valence-electron chi connectivity index (χ2n) is 4.97. The summed E-state index contributed by atoms with van der Waals surface area (Å²) in [5, 5.41) is 9.80. The normalized spacial score (nSPS) is 11.0. The van der Waals surface area contributed by atoms with E-state index in [0.29, 0.717) is 18.2 Å². The molecule has 0 amide bonds. The summed E-state index contributed by atoms with van der Waals surface area (Å²) in [5.74, 6) is 0.445. The number of carboxylic acid groups (broad SMARTS) is 1. The minimum Gasteiger partial charge on any atom is -0.480 e. The minimum atomic E-state index is -0.885. The Labute approximate surface area is 117 Å². The molecule has 0 spiro atoms. The third kappa shape index (κ3) is 3.21. The molecule has 6 nitrogen and oxygen atoms in total. The zero-order valence-electron chi connectivity index (χ0n) is 11.9. The van der Waals surface area contributed by atoms with Crippen molar-refractivity contribution in [1.82, 2.24) is 14.9 Å². The van der Waals surface area contributed by atoms with Gasteiger partial charge in [-0.1, -0.05) is 12.1 Å². The molecule has 1 N–H and O–H groups in total. The van der Waals surface area contributed by atoms with Crippen LogP contribution in [0.1, 0.15) is 5.82 Å². The van der Waals surface area contributed by atoms with Crippen molar-refractivity contribution in [1.29, 1.82) is 0 Å². The number of aromatic nitrogens is 2. The van der Waals surface area contributed by atoms with Gasteiger partial charge in [-0.3, -0.25) is 4.79 Å². The number of nitrogens with zero attached hydrogens (tertiary/aromatic N) is 4. The lowest BCUT2D eigenvalue weighted by molar-refractivity contribution is -0.135. The van der Waals surface area contributed by atoms with Gasteiger partial charge in [-0.05, 0) is 26.2 Å². The van der Waals surface area contributed by atoms with Crippen molar-refractivity contribution in [3.8, 4) is 0 Å². The van der Waals surface area contributed by atoms with Gasteiger partial charge in [-0.25, -0.2) is 9.97 Å². The van der Waals surface area contributed by atoms with E-state index in [1.54, 1.807) is 11.9 Å². The summed E-state index contributed by atoms with van der Waals surface area (Å²) in [6.45, 7) is 0.515. The highest BCUT2D eigenvalue weighted by atomic mass is 16.4. The molecule has 0 aliphatic carbocycles. The van der Waals surface area contributed by atoms with Crippen LogP contribution in [-0.4, -0.2) is 53.6 Å². The molecule has 1 heterocycles. The molecule has 2 aromatic rings. The van der Waals surface area contributed by atoms with Crippen LogP contribution in [0.4, 0.5) is 5.82 Å². The number of rotatable bonds is 5. The predicted octanol–water partition coefficient (Wildman–Crippen LogP) is 1.21. The van der Waals surface area contributed by atoms with Crippen LogP contribution in [0.2, 0.25) is 0 Å². The van der Waals surface area contributed by atoms with Gasteiger partial charge in [0.05, 0.1) is 12.1 Å². The molecule has 0 saturated carbocycles. The fraction of sp³-hybridized carbons (Fsp3) is 0.357. The van der Waals surface area contributed by atoms with Gasteiger partial charge in [0, 0.05) is 12.4 Å². The zero-order chi connectivity index (χ0) is 14.7. The van der Waals surface area contributed by atoms with Gasteiger partial charge in [0.15, 0.2) is 0 Å². The molecule has 0 aliphatic rings. The number of likely N-dealkylation sites (N-methyl/N-ethyl adjacent to an activating group) is 1. The summed E-state index contributed by atoms with van der Waals surface area (Å²) >= 11 is 0. The van der Waals surface area contributed by atoms with Crippen molar-refractivity contribution in [2.24, 2.45) is 0 Å². The maximum absolute atomic E-state index is 10.9. The molecule has 0 saturated heterocycles. The van der Waals surface area contributed by atoms with E-state index in [-0.39, 0.29) is 6.54 Å². The van der Waals surface area contributed by atoms with Crippen molar-refractivity contribution in [2.75, 3.05) is 32.6 Å². The molecule has 6 heteroatoms. The summed E-state index contributed by atoms with van der Waals surface area (Å²) in [7, 11) is 5.61. The third-order valence-electron chi connectivity index (χ3n) is 2.82. The molecule has 106 valence electrons. The lowest BCUT2D eigenvalue weighted by Crippen LogP contribution is -2.27. The highest BCUT2D eigenvalue weighted by Gasteiger charge is 2.13. The summed E-state index contributed by atoms with van der Waals surface area (Å²) in [6.07, 6.45) is 0. The molecule has 0 unspecified atom stereocenters. The number of benzene rings is 1. The Morgan fingerprint density at radius 1 is 1.20 bits per heavy atom. The summed E-state index contributed by atoms with van der Waals surface area (Å²) in [6, 6.07) is 7.63. The van der Waals surface area contributed by atoms with Crippen LogP contribution in [0.5, 0.6) is 0 Å². The molecule has 0 fully saturated rings. The quantitative estimate of drug-likeness (QED) is 0.884. The maximum atomic E-state index is 10.9. The van der Waals surface area contributed by atoms with Crippen LogP contribution in [0.25, 0.3) is 10.9 Å². The Bertz CT molecular complexity index is 628. The van der Waals surface area contributed by atoms with Crippen molar-refractivity contribution in [3.05, 3.63) is 30.1 Å². The van der Waals surface area contributed by atoms with Gasteiger partial charge in [-0.15, -0.1) is 0 Å². The van der Waals surface area contributed by atoms with Gasteiger partial charge in [0.25, 0.3) is 0 Å². The number of aliphatic carboxylic acids is 1. The van der Waals surface area contributed by atoms with E-state index in [9.17, 15) is 4.79 Å². The van der Waals surface area contributed by atoms with E-state index in [4.69, 9.17) is 5.11 Å². The number of hydrogen-bond acceptors (Lipinski definition) is 5. The molecular weight excluding hydrogens is 256 g/mol. The van der Waals surface area contributed by atoms with Gasteiger partial charge in [0.2, 0.25) is 0 Å². The molecule has 0 aliphatic heterocycles. The number of carbonyl (C=O) groups is 1. The second kappa shape index (κ2) is 5.83. The number of carboxylic acids is 1. The van der Waals surface area contributed by atoms with E-state index < -0.39 is 5.97 Å². The van der Waals surface area contributed by atoms with Crippen LogP contribution < -0.4 is 4.90 Å². The number of anilines is 1. The first-order chi connectivity index (χ1) is 9.47. The van der Waals surface area contributed by atoms with Gasteiger partial charge in [0.1, 0.15) is 18.2 Å². The van der Waals surface area contributed by atoms with E-state index in [0.717, 1.165) is 10.9 Å². The standard InChI is InChI=1S/C14H18N4O2/c1-17(2)8-12-15-11-7-5-4-6-10(11)14(16-12)18(3)9-13(19)20/h4-7H,8-9H2,1-3H3,(H,19,20). The van der Waals surface area contributed by atoms with Crippen LogP contribution in [0, 0.1) is 0 Å².